The van der Waals surface area contributed by atoms with Crippen LogP contribution in [0.15, 0.2) is 48.5 Å². The molecule has 0 bridgehead atoms. The zero-order valence-corrected chi connectivity index (χ0v) is 17.9. The first-order valence-electron chi connectivity index (χ1n) is 10.8. The van der Waals surface area contributed by atoms with Crippen LogP contribution in [0, 0.1) is 12.8 Å². The maximum atomic E-state index is 13.1. The fourth-order valence-corrected chi connectivity index (χ4v) is 3.83. The van der Waals surface area contributed by atoms with Gasteiger partial charge in [-0.1, -0.05) is 44.2 Å². The lowest BCUT2D eigenvalue weighted by molar-refractivity contribution is -0.147. The molecule has 3 rings (SSSR count). The summed E-state index contributed by atoms with van der Waals surface area (Å²) in [6.45, 7) is 7.47. The molecule has 0 aromatic heterocycles. The third kappa shape index (κ3) is 5.60. The van der Waals surface area contributed by atoms with Gasteiger partial charge >= 0.3 is 0 Å². The molecule has 0 spiro atoms. The molecule has 1 fully saturated rings. The van der Waals surface area contributed by atoms with Gasteiger partial charge in [0.05, 0.1) is 0 Å². The molecule has 0 heterocycles. The maximum Gasteiger partial charge on any atom is 0.256 e. The monoisotopic (exact) mass is 395 g/mol. The van der Waals surface area contributed by atoms with Crippen molar-refractivity contribution >= 4 is 11.6 Å². The molecule has 0 saturated heterocycles. The van der Waals surface area contributed by atoms with Crippen molar-refractivity contribution in [2.45, 2.75) is 65.1 Å². The fraction of sp³-hybridized carbons (Fsp3) is 0.480. The van der Waals surface area contributed by atoms with Crippen molar-refractivity contribution in [2.24, 2.45) is 5.92 Å². The summed E-state index contributed by atoms with van der Waals surface area (Å²) in [5, 5.41) is 3.10. The van der Waals surface area contributed by atoms with E-state index in [2.05, 4.69) is 19.2 Å². The molecule has 1 N–H and O–H groups in total. The Morgan fingerprint density at radius 1 is 1.14 bits per heavy atom. The third-order valence-corrected chi connectivity index (χ3v) is 5.75. The van der Waals surface area contributed by atoms with E-state index in [1.54, 1.807) is 0 Å². The van der Waals surface area contributed by atoms with Crippen molar-refractivity contribution in [1.82, 2.24) is 0 Å². The van der Waals surface area contributed by atoms with Gasteiger partial charge < -0.3 is 14.8 Å². The first-order valence-corrected chi connectivity index (χ1v) is 10.8. The fourth-order valence-electron chi connectivity index (χ4n) is 3.83. The number of carbonyl (C=O) groups excluding carboxylic acids is 1. The number of amides is 1. The first kappa shape index (κ1) is 21.4. The normalized spacial score (nSPS) is 21.6. The summed E-state index contributed by atoms with van der Waals surface area (Å²) in [6.07, 6.45) is 4.55. The van der Waals surface area contributed by atoms with Crippen LogP contribution < -0.4 is 10.1 Å². The highest BCUT2D eigenvalue weighted by Crippen LogP contribution is 2.36. The van der Waals surface area contributed by atoms with Gasteiger partial charge in [-0.25, -0.2) is 0 Å². The van der Waals surface area contributed by atoms with Crippen LogP contribution in [0.5, 0.6) is 5.75 Å². The first-order chi connectivity index (χ1) is 14.0. The molecular formula is C25H33NO3. The number of benzene rings is 2. The summed E-state index contributed by atoms with van der Waals surface area (Å²) in [4.78, 5) is 13.1. The molecular weight excluding hydrogens is 362 g/mol. The van der Waals surface area contributed by atoms with Crippen molar-refractivity contribution in [3.63, 3.8) is 0 Å². The molecule has 29 heavy (non-hydrogen) atoms. The van der Waals surface area contributed by atoms with E-state index in [1.165, 1.54) is 0 Å². The Bertz CT molecular complexity index is 789. The van der Waals surface area contributed by atoms with Gasteiger partial charge in [0.15, 0.2) is 0 Å². The molecule has 4 heteroatoms. The minimum atomic E-state index is -0.696. The van der Waals surface area contributed by atoms with Gasteiger partial charge in [0, 0.05) is 12.3 Å². The second-order valence-electron chi connectivity index (χ2n) is 8.23. The number of aryl methyl sites for hydroxylation is 1. The lowest BCUT2D eigenvalue weighted by Gasteiger charge is -2.38. The van der Waals surface area contributed by atoms with Gasteiger partial charge in [-0.15, -0.1) is 0 Å². The van der Waals surface area contributed by atoms with Gasteiger partial charge in [0.2, 0.25) is 0 Å². The quantitative estimate of drug-likeness (QED) is 0.606. The van der Waals surface area contributed by atoms with E-state index in [9.17, 15) is 4.79 Å². The Labute approximate surface area is 174 Å². The predicted molar refractivity (Wildman–Crippen MR) is 117 cm³/mol. The van der Waals surface area contributed by atoms with Crippen molar-refractivity contribution in [3.05, 3.63) is 59.7 Å². The molecule has 0 atom stereocenters. The van der Waals surface area contributed by atoms with Crippen LogP contribution >= 0.6 is 0 Å². The minimum absolute atomic E-state index is 0.0183. The van der Waals surface area contributed by atoms with Gasteiger partial charge in [-0.05, 0) is 74.3 Å². The Balaban J connectivity index is 1.65. The number of hydrogen-bond donors (Lipinski definition) is 1. The summed E-state index contributed by atoms with van der Waals surface area (Å²) < 4.78 is 12.1. The lowest BCUT2D eigenvalue weighted by atomic mass is 9.78. The number of nitrogens with one attached hydrogen (secondary N) is 1. The summed E-state index contributed by atoms with van der Waals surface area (Å²) in [6, 6.07) is 15.9. The lowest BCUT2D eigenvalue weighted by Crippen LogP contribution is -2.48. The SMILES string of the molecule is CCCOC1(C(=O)Nc2ccc(OCc3ccccc3)c(C)c2)CCC(C)CC1. The highest BCUT2D eigenvalue weighted by molar-refractivity contribution is 5.97. The maximum absolute atomic E-state index is 13.1. The molecule has 4 nitrogen and oxygen atoms in total. The molecule has 156 valence electrons. The van der Waals surface area contributed by atoms with E-state index in [0.29, 0.717) is 19.1 Å². The molecule has 2 aromatic rings. The summed E-state index contributed by atoms with van der Waals surface area (Å²) in [7, 11) is 0. The largest absolute Gasteiger partial charge is 0.489 e. The Morgan fingerprint density at radius 3 is 2.52 bits per heavy atom. The zero-order chi connectivity index (χ0) is 20.7. The van der Waals surface area contributed by atoms with Crippen LogP contribution in [0.3, 0.4) is 0 Å². The smallest absolute Gasteiger partial charge is 0.256 e. The standard InChI is InChI=1S/C25H33NO3/c1-4-16-29-25(14-12-19(2)13-15-25)24(27)26-22-10-11-23(20(3)17-22)28-18-21-8-6-5-7-9-21/h5-11,17,19H,4,12-16,18H2,1-3H3,(H,26,27). The van der Waals surface area contributed by atoms with Crippen molar-refractivity contribution in [2.75, 3.05) is 11.9 Å². The molecule has 1 aliphatic rings. The summed E-state index contributed by atoms with van der Waals surface area (Å²) >= 11 is 0. The predicted octanol–water partition coefficient (Wildman–Crippen LogP) is 5.89. The number of hydrogen-bond acceptors (Lipinski definition) is 3. The van der Waals surface area contributed by atoms with E-state index < -0.39 is 5.60 Å². The molecule has 1 amide bonds. The van der Waals surface area contributed by atoms with Crippen LogP contribution in [0.25, 0.3) is 0 Å². The van der Waals surface area contributed by atoms with Crippen LogP contribution in [0.4, 0.5) is 5.69 Å². The highest BCUT2D eigenvalue weighted by Gasteiger charge is 2.42. The van der Waals surface area contributed by atoms with Gasteiger partial charge in [0.1, 0.15) is 18.0 Å². The second kappa shape index (κ2) is 9.93. The van der Waals surface area contributed by atoms with E-state index in [0.717, 1.165) is 54.7 Å². The van der Waals surface area contributed by atoms with Gasteiger partial charge in [0.25, 0.3) is 5.91 Å². The average molecular weight is 396 g/mol. The van der Waals surface area contributed by atoms with Crippen LogP contribution in [0.1, 0.15) is 57.1 Å². The molecule has 0 unspecified atom stereocenters. The van der Waals surface area contributed by atoms with Crippen molar-refractivity contribution in [3.8, 4) is 5.75 Å². The molecule has 1 aliphatic carbocycles. The third-order valence-electron chi connectivity index (χ3n) is 5.75. The molecule has 1 saturated carbocycles. The van der Waals surface area contributed by atoms with Crippen molar-refractivity contribution in [1.29, 1.82) is 0 Å². The zero-order valence-electron chi connectivity index (χ0n) is 17.9. The van der Waals surface area contributed by atoms with E-state index in [1.807, 2.05) is 55.5 Å². The van der Waals surface area contributed by atoms with Crippen LogP contribution in [-0.4, -0.2) is 18.1 Å². The van der Waals surface area contributed by atoms with Gasteiger partial charge in [-0.3, -0.25) is 4.79 Å². The Morgan fingerprint density at radius 2 is 1.86 bits per heavy atom. The Hall–Kier alpha value is -2.33. The van der Waals surface area contributed by atoms with Crippen molar-refractivity contribution < 1.29 is 14.3 Å². The molecule has 0 aliphatic heterocycles. The molecule has 2 aromatic carbocycles. The number of anilines is 1. The van der Waals surface area contributed by atoms with E-state index >= 15 is 0 Å². The average Bonchev–Trinajstić information content (AvgIpc) is 2.74. The van der Waals surface area contributed by atoms with Crippen LogP contribution in [-0.2, 0) is 16.1 Å². The number of rotatable bonds is 8. The minimum Gasteiger partial charge on any atom is -0.489 e. The number of carbonyl (C=O) groups is 1. The summed E-state index contributed by atoms with van der Waals surface area (Å²) in [5.41, 5.74) is 2.22. The van der Waals surface area contributed by atoms with E-state index in [4.69, 9.17) is 9.47 Å². The van der Waals surface area contributed by atoms with Gasteiger partial charge in [-0.2, -0.15) is 0 Å². The summed E-state index contributed by atoms with van der Waals surface area (Å²) in [5.74, 6) is 1.47. The second-order valence-corrected chi connectivity index (χ2v) is 8.23. The molecule has 0 radical (unpaired) electrons. The Kier molecular flexibility index (Phi) is 7.32. The topological polar surface area (TPSA) is 47.6 Å². The number of ether oxygens (including phenoxy) is 2. The van der Waals surface area contributed by atoms with Crippen LogP contribution in [0.2, 0.25) is 0 Å². The highest BCUT2D eigenvalue weighted by atomic mass is 16.5. The van der Waals surface area contributed by atoms with E-state index in [-0.39, 0.29) is 5.91 Å².